The Morgan fingerprint density at radius 2 is 1.83 bits per heavy atom. The number of rotatable bonds is 5. The minimum absolute atomic E-state index is 0.563. The van der Waals surface area contributed by atoms with Gasteiger partial charge in [0.25, 0.3) is 0 Å². The average molecular weight is 249 g/mol. The van der Waals surface area contributed by atoms with Gasteiger partial charge in [-0.1, -0.05) is 38.1 Å². The first-order chi connectivity index (χ1) is 8.72. The summed E-state index contributed by atoms with van der Waals surface area (Å²) in [6.45, 7) is 6.30. The third kappa shape index (κ3) is 2.58. The third-order valence-electron chi connectivity index (χ3n) is 3.76. The van der Waals surface area contributed by atoms with Gasteiger partial charge in [-0.2, -0.15) is 0 Å². The smallest absolute Gasteiger partial charge is 0.196 e. The predicted octanol–water partition coefficient (Wildman–Crippen LogP) is 2.75. The fraction of sp³-hybridized carbons (Fsp3) is 0.600. The van der Waals surface area contributed by atoms with Crippen molar-refractivity contribution in [2.45, 2.75) is 38.4 Å². The van der Waals surface area contributed by atoms with Crippen LogP contribution in [0.3, 0.4) is 0 Å². The second kappa shape index (κ2) is 5.83. The maximum Gasteiger partial charge on any atom is 0.196 e. The van der Waals surface area contributed by atoms with Crippen LogP contribution in [-0.4, -0.2) is 19.8 Å². The lowest BCUT2D eigenvalue weighted by atomic mass is 9.94. The van der Waals surface area contributed by atoms with Gasteiger partial charge < -0.3 is 15.2 Å². The van der Waals surface area contributed by atoms with Crippen molar-refractivity contribution in [2.24, 2.45) is 5.73 Å². The molecule has 0 radical (unpaired) electrons. The zero-order valence-corrected chi connectivity index (χ0v) is 11.3. The molecule has 0 spiro atoms. The van der Waals surface area contributed by atoms with Crippen LogP contribution in [0.2, 0.25) is 0 Å². The molecular weight excluding hydrogens is 226 g/mol. The van der Waals surface area contributed by atoms with Gasteiger partial charge in [0.1, 0.15) is 0 Å². The molecule has 1 heterocycles. The van der Waals surface area contributed by atoms with E-state index in [0.717, 1.165) is 12.0 Å². The van der Waals surface area contributed by atoms with Crippen LogP contribution >= 0.6 is 0 Å². The van der Waals surface area contributed by atoms with Gasteiger partial charge in [0.05, 0.1) is 13.2 Å². The molecule has 0 saturated carbocycles. The molecule has 3 heteroatoms. The highest BCUT2D eigenvalue weighted by molar-refractivity contribution is 5.28. The van der Waals surface area contributed by atoms with Gasteiger partial charge in [-0.3, -0.25) is 0 Å². The van der Waals surface area contributed by atoms with Crippen molar-refractivity contribution in [3.8, 4) is 0 Å². The highest BCUT2D eigenvalue weighted by Crippen LogP contribution is 2.35. The molecule has 0 aromatic heterocycles. The second-order valence-corrected chi connectivity index (χ2v) is 4.92. The van der Waals surface area contributed by atoms with Crippen LogP contribution in [0, 0.1) is 0 Å². The highest BCUT2D eigenvalue weighted by Gasteiger charge is 2.37. The molecule has 1 fully saturated rings. The summed E-state index contributed by atoms with van der Waals surface area (Å²) in [6, 6.07) is 8.57. The van der Waals surface area contributed by atoms with Crippen LogP contribution in [0.15, 0.2) is 24.3 Å². The first-order valence-corrected chi connectivity index (χ1v) is 6.80. The number of hydrogen-bond donors (Lipinski definition) is 1. The summed E-state index contributed by atoms with van der Waals surface area (Å²) in [6.07, 6.45) is 1.86. The van der Waals surface area contributed by atoms with Gasteiger partial charge in [0, 0.05) is 12.0 Å². The summed E-state index contributed by atoms with van der Waals surface area (Å²) in [5.41, 5.74) is 8.11. The normalized spacial score (nSPS) is 19.9. The molecule has 0 aliphatic carbocycles. The maximum atomic E-state index is 5.79. The van der Waals surface area contributed by atoms with Crippen molar-refractivity contribution in [3.63, 3.8) is 0 Å². The average Bonchev–Trinajstić information content (AvgIpc) is 2.88. The van der Waals surface area contributed by atoms with Crippen molar-refractivity contribution in [1.82, 2.24) is 0 Å². The monoisotopic (exact) mass is 249 g/mol. The Morgan fingerprint density at radius 1 is 1.22 bits per heavy atom. The summed E-state index contributed by atoms with van der Waals surface area (Å²) in [4.78, 5) is 0. The van der Waals surface area contributed by atoms with Gasteiger partial charge in [0.15, 0.2) is 5.79 Å². The van der Waals surface area contributed by atoms with Crippen LogP contribution in [0.4, 0.5) is 0 Å². The molecule has 18 heavy (non-hydrogen) atoms. The van der Waals surface area contributed by atoms with Crippen molar-refractivity contribution in [3.05, 3.63) is 35.4 Å². The summed E-state index contributed by atoms with van der Waals surface area (Å²) in [7, 11) is 0. The van der Waals surface area contributed by atoms with Crippen molar-refractivity contribution in [2.75, 3.05) is 19.8 Å². The highest BCUT2D eigenvalue weighted by atomic mass is 16.7. The zero-order valence-electron chi connectivity index (χ0n) is 11.3. The molecule has 1 saturated heterocycles. The topological polar surface area (TPSA) is 44.5 Å². The van der Waals surface area contributed by atoms with E-state index >= 15 is 0 Å². The molecule has 2 N–H and O–H groups in total. The molecule has 1 atom stereocenters. The first-order valence-electron chi connectivity index (χ1n) is 6.80. The molecule has 1 aromatic carbocycles. The van der Waals surface area contributed by atoms with E-state index < -0.39 is 5.79 Å². The summed E-state index contributed by atoms with van der Waals surface area (Å²) >= 11 is 0. The Kier molecular flexibility index (Phi) is 4.38. The zero-order chi connectivity index (χ0) is 13.0. The van der Waals surface area contributed by atoms with Crippen molar-refractivity contribution >= 4 is 0 Å². The van der Waals surface area contributed by atoms with Crippen molar-refractivity contribution in [1.29, 1.82) is 0 Å². The van der Waals surface area contributed by atoms with E-state index in [1.807, 2.05) is 0 Å². The van der Waals surface area contributed by atoms with Gasteiger partial charge in [-0.15, -0.1) is 0 Å². The van der Waals surface area contributed by atoms with E-state index in [4.69, 9.17) is 15.2 Å². The summed E-state index contributed by atoms with van der Waals surface area (Å²) in [5.74, 6) is -0.0159. The molecule has 1 unspecified atom stereocenters. The molecule has 1 aliphatic heterocycles. The minimum Gasteiger partial charge on any atom is -0.343 e. The number of ether oxygens (including phenoxy) is 2. The van der Waals surface area contributed by atoms with E-state index in [9.17, 15) is 0 Å². The Balaban J connectivity index is 2.21. The Hall–Kier alpha value is -0.900. The fourth-order valence-corrected chi connectivity index (χ4v) is 2.40. The molecule has 100 valence electrons. The number of benzene rings is 1. The first kappa shape index (κ1) is 13.5. The maximum absolute atomic E-state index is 5.79. The minimum atomic E-state index is -0.608. The molecule has 1 aromatic rings. The number of nitrogens with two attached hydrogens (primary N) is 1. The Labute approximate surface area is 109 Å². The molecule has 3 nitrogen and oxygen atoms in total. The summed E-state index contributed by atoms with van der Waals surface area (Å²) < 4.78 is 11.6. The quantitative estimate of drug-likeness (QED) is 0.872. The molecule has 0 bridgehead atoms. The van der Waals surface area contributed by atoms with Gasteiger partial charge in [-0.05, 0) is 24.4 Å². The van der Waals surface area contributed by atoms with Crippen LogP contribution in [0.25, 0.3) is 0 Å². The van der Waals surface area contributed by atoms with E-state index in [2.05, 4.69) is 38.1 Å². The third-order valence-corrected chi connectivity index (χ3v) is 3.76. The molecular formula is C15H23NO2. The molecule has 1 aliphatic rings. The lowest BCUT2D eigenvalue weighted by molar-refractivity contribution is -0.168. The fourth-order valence-electron chi connectivity index (χ4n) is 2.40. The number of hydrogen-bond acceptors (Lipinski definition) is 3. The van der Waals surface area contributed by atoms with E-state index in [1.54, 1.807) is 0 Å². The summed E-state index contributed by atoms with van der Waals surface area (Å²) in [5, 5.41) is 0. The lowest BCUT2D eigenvalue weighted by Gasteiger charge is -2.27. The Bertz CT molecular complexity index is 369. The van der Waals surface area contributed by atoms with E-state index in [1.165, 1.54) is 5.56 Å². The standard InChI is InChI=1S/C15H23NO2/c1-3-12(2)13-4-6-14(7-5-13)15(8-9-16)17-10-11-18-15/h4-7,12H,3,8-11,16H2,1-2H3. The van der Waals surface area contributed by atoms with Crippen LogP contribution in [-0.2, 0) is 15.3 Å². The molecule has 0 amide bonds. The van der Waals surface area contributed by atoms with Crippen molar-refractivity contribution < 1.29 is 9.47 Å². The van der Waals surface area contributed by atoms with Crippen LogP contribution < -0.4 is 5.73 Å². The largest absolute Gasteiger partial charge is 0.343 e. The second-order valence-electron chi connectivity index (χ2n) is 4.92. The molecule has 2 rings (SSSR count). The van der Waals surface area contributed by atoms with Gasteiger partial charge in [0.2, 0.25) is 0 Å². The van der Waals surface area contributed by atoms with Gasteiger partial charge in [-0.25, -0.2) is 0 Å². The Morgan fingerprint density at radius 3 is 2.33 bits per heavy atom. The SMILES string of the molecule is CCC(C)c1ccc(C2(CCN)OCCO2)cc1. The lowest BCUT2D eigenvalue weighted by Crippen LogP contribution is -2.30. The van der Waals surface area contributed by atoms with E-state index in [-0.39, 0.29) is 0 Å². The van der Waals surface area contributed by atoms with Crippen LogP contribution in [0.1, 0.15) is 43.7 Å². The predicted molar refractivity (Wildman–Crippen MR) is 72.4 cm³/mol. The van der Waals surface area contributed by atoms with E-state index in [0.29, 0.717) is 32.1 Å². The van der Waals surface area contributed by atoms with Gasteiger partial charge >= 0.3 is 0 Å². The van der Waals surface area contributed by atoms with Crippen LogP contribution in [0.5, 0.6) is 0 Å².